The lowest BCUT2D eigenvalue weighted by Gasteiger charge is -2.14. The number of benzene rings is 11. The highest BCUT2D eigenvalue weighted by atomic mass is 15.2. The number of fused-ring (bicyclic) bond motifs is 13. The Morgan fingerprint density at radius 3 is 1.08 bits per heavy atom. The van der Waals surface area contributed by atoms with Crippen LogP contribution in [0.3, 0.4) is 0 Å². The molecule has 0 unspecified atom stereocenters. The maximum atomic E-state index is 5.50. The third-order valence-corrected chi connectivity index (χ3v) is 15.4. The van der Waals surface area contributed by atoms with E-state index in [1.54, 1.807) is 0 Å². The zero-order valence-electron chi connectivity index (χ0n) is 41.0. The van der Waals surface area contributed by atoms with Gasteiger partial charge in [0, 0.05) is 71.3 Å². The summed E-state index contributed by atoms with van der Waals surface area (Å²) in [6.07, 6.45) is 0. The second kappa shape index (κ2) is 16.6. The fourth-order valence-electron chi connectivity index (χ4n) is 12.1. The fourth-order valence-corrected chi connectivity index (χ4v) is 12.1. The number of rotatable bonds is 7. The Morgan fingerprint density at radius 1 is 0.211 bits per heavy atom. The van der Waals surface area contributed by atoms with Crippen LogP contribution in [0.4, 0.5) is 0 Å². The van der Waals surface area contributed by atoms with E-state index in [1.165, 1.54) is 38.1 Å². The van der Waals surface area contributed by atoms with E-state index in [1.807, 2.05) is 18.2 Å². The minimum absolute atomic E-state index is 0.538. The zero-order valence-corrected chi connectivity index (χ0v) is 41.0. The number of nitrogens with zero attached hydrogens (tertiary/aromatic N) is 7. The molecule has 7 heteroatoms. The quantitative estimate of drug-likeness (QED) is 0.160. The SMILES string of the molecule is c1ccc(-c2ccc(-n3c4ccc(-n5c6ccccc6c6ccccc65)cc4c4ccc5c6ccccc6n(-c6nc(-c7ccccc7)nc(-c7ccc(-n8c9ccccc9c9ccccc98)cc7)n6)c5c43)cc2)cc1. The van der Waals surface area contributed by atoms with Crippen LogP contribution < -0.4 is 0 Å². The van der Waals surface area contributed by atoms with Crippen LogP contribution in [0.1, 0.15) is 0 Å². The predicted octanol–water partition coefficient (Wildman–Crippen LogP) is 17.3. The van der Waals surface area contributed by atoms with Crippen LogP contribution in [0, 0.1) is 0 Å². The first kappa shape index (κ1) is 42.2. The van der Waals surface area contributed by atoms with Gasteiger partial charge in [-0.2, -0.15) is 9.97 Å². The van der Waals surface area contributed by atoms with Crippen LogP contribution >= 0.6 is 0 Å². The Hall–Kier alpha value is -10.4. The first-order valence-electron chi connectivity index (χ1n) is 25.8. The van der Waals surface area contributed by atoms with Crippen molar-refractivity contribution in [2.24, 2.45) is 0 Å². The van der Waals surface area contributed by atoms with E-state index in [0.29, 0.717) is 17.6 Å². The van der Waals surface area contributed by atoms with Gasteiger partial charge >= 0.3 is 0 Å². The lowest BCUT2D eigenvalue weighted by atomic mass is 10.1. The summed E-state index contributed by atoms with van der Waals surface area (Å²) < 4.78 is 9.47. The Morgan fingerprint density at radius 2 is 0.553 bits per heavy atom. The molecule has 0 atom stereocenters. The van der Waals surface area contributed by atoms with E-state index in [4.69, 9.17) is 15.0 Å². The summed E-state index contributed by atoms with van der Waals surface area (Å²) in [4.78, 5) is 16.2. The second-order valence-electron chi connectivity index (χ2n) is 19.6. The summed E-state index contributed by atoms with van der Waals surface area (Å²) in [5.41, 5.74) is 16.2. The van der Waals surface area contributed by atoms with Crippen LogP contribution in [0.2, 0.25) is 0 Å². The summed E-state index contributed by atoms with van der Waals surface area (Å²) in [5, 5.41) is 9.40. The molecule has 0 aliphatic heterocycles. The molecule has 7 nitrogen and oxygen atoms in total. The molecule has 0 saturated heterocycles. The van der Waals surface area contributed by atoms with Crippen LogP contribution in [0.15, 0.2) is 261 Å². The van der Waals surface area contributed by atoms with Crippen molar-refractivity contribution in [3.63, 3.8) is 0 Å². The monoisotopic (exact) mass is 969 g/mol. The first-order valence-corrected chi connectivity index (χ1v) is 25.8. The van der Waals surface area contributed by atoms with Gasteiger partial charge < -0.3 is 13.7 Å². The Bertz CT molecular complexity index is 4860. The average Bonchev–Trinajstić information content (AvgIpc) is 4.42. The van der Waals surface area contributed by atoms with E-state index in [0.717, 1.165) is 88.4 Å². The Labute approximate surface area is 436 Å². The van der Waals surface area contributed by atoms with Gasteiger partial charge in [0.1, 0.15) is 0 Å². The van der Waals surface area contributed by atoms with Crippen molar-refractivity contribution in [2.75, 3.05) is 0 Å². The maximum absolute atomic E-state index is 5.50. The molecule has 5 heterocycles. The topological polar surface area (TPSA) is 58.4 Å². The number of aromatic nitrogens is 7. The molecule has 16 aromatic rings. The molecule has 0 amide bonds. The van der Waals surface area contributed by atoms with Crippen molar-refractivity contribution in [3.05, 3.63) is 261 Å². The molecule has 16 rings (SSSR count). The largest absolute Gasteiger partial charge is 0.309 e. The minimum Gasteiger partial charge on any atom is -0.309 e. The molecular weight excluding hydrogens is 927 g/mol. The molecular formula is C69H43N7. The summed E-state index contributed by atoms with van der Waals surface area (Å²) in [6.45, 7) is 0. The highest BCUT2D eigenvalue weighted by Gasteiger charge is 2.25. The van der Waals surface area contributed by atoms with Crippen molar-refractivity contribution >= 4 is 87.2 Å². The van der Waals surface area contributed by atoms with E-state index < -0.39 is 0 Å². The summed E-state index contributed by atoms with van der Waals surface area (Å²) in [6, 6.07) is 93.3. The van der Waals surface area contributed by atoms with Gasteiger partial charge in [-0.05, 0) is 96.1 Å². The van der Waals surface area contributed by atoms with Crippen LogP contribution in [0.5, 0.6) is 0 Å². The number of para-hydroxylation sites is 5. The van der Waals surface area contributed by atoms with Gasteiger partial charge in [0.2, 0.25) is 5.95 Å². The van der Waals surface area contributed by atoms with E-state index >= 15 is 0 Å². The maximum Gasteiger partial charge on any atom is 0.238 e. The van der Waals surface area contributed by atoms with Crippen LogP contribution in [-0.2, 0) is 0 Å². The first-order chi connectivity index (χ1) is 37.7. The number of hydrogen-bond donors (Lipinski definition) is 0. The normalized spacial score (nSPS) is 11.9. The smallest absolute Gasteiger partial charge is 0.238 e. The second-order valence-corrected chi connectivity index (χ2v) is 19.6. The third-order valence-electron chi connectivity index (χ3n) is 15.4. The predicted molar refractivity (Wildman–Crippen MR) is 313 cm³/mol. The molecule has 0 aliphatic carbocycles. The van der Waals surface area contributed by atoms with Crippen molar-refractivity contribution in [2.45, 2.75) is 0 Å². The zero-order chi connectivity index (χ0) is 49.8. The summed E-state index contributed by atoms with van der Waals surface area (Å²) in [7, 11) is 0. The Kier molecular flexibility index (Phi) is 9.20. The average molecular weight is 970 g/mol. The van der Waals surface area contributed by atoms with Crippen molar-refractivity contribution in [1.29, 1.82) is 0 Å². The Balaban J connectivity index is 0.962. The van der Waals surface area contributed by atoms with E-state index in [9.17, 15) is 0 Å². The van der Waals surface area contributed by atoms with Gasteiger partial charge in [-0.15, -0.1) is 0 Å². The summed E-state index contributed by atoms with van der Waals surface area (Å²) in [5.74, 6) is 1.72. The third kappa shape index (κ3) is 6.33. The van der Waals surface area contributed by atoms with Crippen LogP contribution in [-0.4, -0.2) is 33.2 Å². The van der Waals surface area contributed by atoms with Gasteiger partial charge in [0.05, 0.1) is 44.1 Å². The highest BCUT2D eigenvalue weighted by molar-refractivity contribution is 6.24. The molecule has 0 aliphatic rings. The summed E-state index contributed by atoms with van der Waals surface area (Å²) >= 11 is 0. The molecule has 76 heavy (non-hydrogen) atoms. The minimum atomic E-state index is 0.538. The van der Waals surface area contributed by atoms with Gasteiger partial charge in [-0.1, -0.05) is 176 Å². The van der Waals surface area contributed by atoms with Crippen molar-refractivity contribution < 1.29 is 0 Å². The molecule has 5 aromatic heterocycles. The lowest BCUT2D eigenvalue weighted by Crippen LogP contribution is -2.07. The van der Waals surface area contributed by atoms with Gasteiger partial charge in [0.25, 0.3) is 0 Å². The van der Waals surface area contributed by atoms with Gasteiger partial charge in [0.15, 0.2) is 11.6 Å². The molecule has 354 valence electrons. The van der Waals surface area contributed by atoms with E-state index in [2.05, 4.69) is 261 Å². The molecule has 0 saturated carbocycles. The fraction of sp³-hybridized carbons (Fsp3) is 0. The van der Waals surface area contributed by atoms with Crippen molar-refractivity contribution in [3.8, 4) is 56.9 Å². The molecule has 11 aromatic carbocycles. The van der Waals surface area contributed by atoms with Crippen molar-refractivity contribution in [1.82, 2.24) is 33.2 Å². The molecule has 0 radical (unpaired) electrons. The highest BCUT2D eigenvalue weighted by Crippen LogP contribution is 2.44. The molecule has 0 N–H and O–H groups in total. The molecule has 0 spiro atoms. The number of hydrogen-bond acceptors (Lipinski definition) is 3. The lowest BCUT2D eigenvalue weighted by molar-refractivity contribution is 0.953. The molecule has 0 fully saturated rings. The van der Waals surface area contributed by atoms with Crippen LogP contribution in [0.25, 0.3) is 144 Å². The van der Waals surface area contributed by atoms with E-state index in [-0.39, 0.29) is 0 Å². The standard InChI is InChI=1S/C69H43N7/c1-3-17-44(18-4-1)45-31-35-49(36-32-45)75-64-42-39-50(74-61-28-14-9-23-53(61)54-24-10-15-29-62(54)74)43-58(64)57-41-40-56-55-25-11-16-30-63(55)76(66(56)65(57)75)69-71-67(46-19-5-2-6-20-46)70-68(72-69)47-33-37-48(38-34-47)73-59-26-12-7-21-51(59)52-22-8-13-27-60(52)73/h1-43H. The van der Waals surface area contributed by atoms with Gasteiger partial charge in [-0.3, -0.25) is 4.57 Å². The molecule has 0 bridgehead atoms. The van der Waals surface area contributed by atoms with Gasteiger partial charge in [-0.25, -0.2) is 4.98 Å².